The number of rotatable bonds is 6. The quantitative estimate of drug-likeness (QED) is 0.402. The third kappa shape index (κ3) is 4.93. The SMILES string of the molecule is C.Fc1cc(-n2cnnn2)ccc1OCc1cnn([C@H]2CCN(c3ncc(Cl)cn3)C[C@@H]2F)n1. The summed E-state index contributed by atoms with van der Waals surface area (Å²) >= 11 is 5.81. The zero-order valence-electron chi connectivity index (χ0n) is 17.0. The molecule has 0 radical (unpaired) electrons. The lowest BCUT2D eigenvalue weighted by Gasteiger charge is -2.33. The third-order valence-corrected chi connectivity index (χ3v) is 5.35. The van der Waals surface area contributed by atoms with E-state index in [4.69, 9.17) is 16.3 Å². The van der Waals surface area contributed by atoms with Crippen LogP contribution in [0.1, 0.15) is 25.6 Å². The van der Waals surface area contributed by atoms with Gasteiger partial charge in [-0.3, -0.25) is 0 Å². The van der Waals surface area contributed by atoms with Crippen molar-refractivity contribution in [1.82, 2.24) is 45.2 Å². The highest BCUT2D eigenvalue weighted by Crippen LogP contribution is 2.27. The van der Waals surface area contributed by atoms with E-state index in [1.807, 2.05) is 0 Å². The molecular weight excluding hydrogens is 470 g/mol. The van der Waals surface area contributed by atoms with Crippen molar-refractivity contribution in [3.8, 4) is 11.4 Å². The molecule has 0 spiro atoms. The predicted molar refractivity (Wildman–Crippen MR) is 118 cm³/mol. The van der Waals surface area contributed by atoms with Crippen LogP contribution in [0.4, 0.5) is 14.7 Å². The van der Waals surface area contributed by atoms with E-state index in [9.17, 15) is 8.78 Å². The number of benzene rings is 1. The van der Waals surface area contributed by atoms with Gasteiger partial charge in [-0.25, -0.2) is 23.4 Å². The van der Waals surface area contributed by atoms with Crippen LogP contribution >= 0.6 is 11.6 Å². The van der Waals surface area contributed by atoms with E-state index in [0.29, 0.717) is 35.3 Å². The van der Waals surface area contributed by atoms with Crippen LogP contribution in [0.3, 0.4) is 0 Å². The Labute approximate surface area is 198 Å². The largest absolute Gasteiger partial charge is 0.484 e. The minimum atomic E-state index is -1.23. The van der Waals surface area contributed by atoms with Crippen molar-refractivity contribution in [3.05, 3.63) is 59.7 Å². The van der Waals surface area contributed by atoms with Gasteiger partial charge in [0.15, 0.2) is 11.6 Å². The van der Waals surface area contributed by atoms with Crippen LogP contribution in [-0.2, 0) is 6.61 Å². The standard InChI is InChI=1S/C19H17ClF2N10O.CH4/c20-12-6-23-19(24-7-12)30-4-3-17(16(22)9-30)32-26-8-13(27-32)10-33-18-2-1-14(5-15(18)21)31-11-25-28-29-31;/h1-2,5-8,11,16-17H,3-4,9-10H2;1H4/t16-,17-;/m0./s1. The van der Waals surface area contributed by atoms with E-state index in [0.717, 1.165) is 0 Å². The van der Waals surface area contributed by atoms with Gasteiger partial charge in [-0.15, -0.1) is 5.10 Å². The van der Waals surface area contributed by atoms with Gasteiger partial charge >= 0.3 is 0 Å². The molecule has 3 aromatic heterocycles. The second-order valence-corrected chi connectivity index (χ2v) is 7.77. The number of hydrogen-bond acceptors (Lipinski definition) is 9. The zero-order chi connectivity index (χ0) is 22.8. The summed E-state index contributed by atoms with van der Waals surface area (Å²) in [6.45, 7) is 0.632. The topological polar surface area (TPSA) is 113 Å². The van der Waals surface area contributed by atoms with E-state index < -0.39 is 18.0 Å². The minimum Gasteiger partial charge on any atom is -0.484 e. The molecule has 5 rings (SSSR count). The Balaban J connectivity index is 0.00000274. The summed E-state index contributed by atoms with van der Waals surface area (Å²) in [6.07, 6.45) is 5.04. The first-order chi connectivity index (χ1) is 16.1. The van der Waals surface area contributed by atoms with Gasteiger partial charge in [-0.2, -0.15) is 15.0 Å². The number of alkyl halides is 1. The molecule has 1 saturated heterocycles. The van der Waals surface area contributed by atoms with Crippen LogP contribution < -0.4 is 9.64 Å². The Morgan fingerprint density at radius 3 is 2.71 bits per heavy atom. The molecule has 0 bridgehead atoms. The number of anilines is 1. The highest BCUT2D eigenvalue weighted by molar-refractivity contribution is 6.30. The lowest BCUT2D eigenvalue weighted by atomic mass is 10.0. The normalized spacial score (nSPS) is 17.9. The number of halogens is 3. The highest BCUT2D eigenvalue weighted by Gasteiger charge is 2.33. The highest BCUT2D eigenvalue weighted by atomic mass is 35.5. The molecule has 1 fully saturated rings. The van der Waals surface area contributed by atoms with E-state index >= 15 is 0 Å². The van der Waals surface area contributed by atoms with Gasteiger partial charge in [0, 0.05) is 12.6 Å². The minimum absolute atomic E-state index is 0. The second-order valence-electron chi connectivity index (χ2n) is 7.33. The molecule has 14 heteroatoms. The molecule has 0 unspecified atom stereocenters. The summed E-state index contributed by atoms with van der Waals surface area (Å²) in [5.74, 6) is -0.104. The van der Waals surface area contributed by atoms with Gasteiger partial charge in [0.25, 0.3) is 0 Å². The van der Waals surface area contributed by atoms with Crippen molar-refractivity contribution in [2.24, 2.45) is 0 Å². The summed E-state index contributed by atoms with van der Waals surface area (Å²) in [6, 6.07) is 3.82. The maximum absolute atomic E-state index is 14.9. The number of hydrogen-bond donors (Lipinski definition) is 0. The fourth-order valence-corrected chi connectivity index (χ4v) is 3.62. The van der Waals surface area contributed by atoms with Gasteiger partial charge in [-0.1, -0.05) is 19.0 Å². The van der Waals surface area contributed by atoms with Crippen LogP contribution in [0.5, 0.6) is 5.75 Å². The number of tetrazole rings is 1. The van der Waals surface area contributed by atoms with Crippen LogP contribution in [0.25, 0.3) is 5.69 Å². The second kappa shape index (κ2) is 10.0. The smallest absolute Gasteiger partial charge is 0.225 e. The molecule has 0 aliphatic carbocycles. The fraction of sp³-hybridized carbons (Fsp3) is 0.350. The summed E-state index contributed by atoms with van der Waals surface area (Å²) in [5, 5.41) is 19.7. The molecule has 1 aliphatic heterocycles. The summed E-state index contributed by atoms with van der Waals surface area (Å²) < 4.78 is 36.1. The number of ether oxygens (including phenoxy) is 1. The fourth-order valence-electron chi connectivity index (χ4n) is 3.52. The molecule has 4 aromatic rings. The van der Waals surface area contributed by atoms with Crippen LogP contribution in [-0.4, -0.2) is 64.4 Å². The molecule has 178 valence electrons. The third-order valence-electron chi connectivity index (χ3n) is 5.15. The first-order valence-electron chi connectivity index (χ1n) is 10.00. The predicted octanol–water partition coefficient (Wildman–Crippen LogP) is 2.84. The molecule has 4 heterocycles. The Morgan fingerprint density at radius 2 is 2.00 bits per heavy atom. The first kappa shape index (κ1) is 23.4. The lowest BCUT2D eigenvalue weighted by molar-refractivity contribution is 0.172. The van der Waals surface area contributed by atoms with Crippen LogP contribution in [0, 0.1) is 5.82 Å². The van der Waals surface area contributed by atoms with E-state index in [1.165, 1.54) is 46.5 Å². The Morgan fingerprint density at radius 1 is 1.18 bits per heavy atom. The molecular formula is C20H21ClF2N10O. The van der Waals surface area contributed by atoms with Crippen molar-refractivity contribution < 1.29 is 13.5 Å². The molecule has 1 aliphatic rings. The van der Waals surface area contributed by atoms with Crippen molar-refractivity contribution in [1.29, 1.82) is 0 Å². The first-order valence-corrected chi connectivity index (χ1v) is 10.4. The number of nitrogens with zero attached hydrogens (tertiary/aromatic N) is 10. The van der Waals surface area contributed by atoms with Crippen molar-refractivity contribution in [2.45, 2.75) is 32.7 Å². The molecule has 0 amide bonds. The van der Waals surface area contributed by atoms with Crippen LogP contribution in [0.2, 0.25) is 5.02 Å². The lowest BCUT2D eigenvalue weighted by Crippen LogP contribution is -2.44. The summed E-state index contributed by atoms with van der Waals surface area (Å²) in [4.78, 5) is 11.4. The van der Waals surface area contributed by atoms with Gasteiger partial charge in [0.1, 0.15) is 30.8 Å². The molecule has 34 heavy (non-hydrogen) atoms. The van der Waals surface area contributed by atoms with Gasteiger partial charge in [0.05, 0.1) is 35.8 Å². The van der Waals surface area contributed by atoms with Crippen molar-refractivity contribution in [2.75, 3.05) is 18.0 Å². The molecule has 1 aromatic carbocycles. The average molecular weight is 491 g/mol. The molecule has 0 N–H and O–H groups in total. The van der Waals surface area contributed by atoms with E-state index in [1.54, 1.807) is 11.0 Å². The van der Waals surface area contributed by atoms with Crippen LogP contribution in [0.15, 0.2) is 43.1 Å². The van der Waals surface area contributed by atoms with Crippen molar-refractivity contribution in [3.63, 3.8) is 0 Å². The van der Waals surface area contributed by atoms with Gasteiger partial charge in [-0.05, 0) is 29.0 Å². The van der Waals surface area contributed by atoms with Crippen molar-refractivity contribution >= 4 is 17.5 Å². The summed E-state index contributed by atoms with van der Waals surface area (Å²) in [5.41, 5.74) is 0.912. The maximum Gasteiger partial charge on any atom is 0.225 e. The van der Waals surface area contributed by atoms with E-state index in [2.05, 4.69) is 35.7 Å². The maximum atomic E-state index is 14.9. The number of aromatic nitrogens is 9. The van der Waals surface area contributed by atoms with E-state index in [-0.39, 0.29) is 26.3 Å². The Hall–Kier alpha value is -3.74. The zero-order valence-corrected chi connectivity index (χ0v) is 17.8. The molecule has 11 nitrogen and oxygen atoms in total. The Kier molecular flexibility index (Phi) is 6.91. The van der Waals surface area contributed by atoms with Gasteiger partial charge in [0.2, 0.25) is 5.95 Å². The number of piperidine rings is 1. The Bertz CT molecular complexity index is 1220. The summed E-state index contributed by atoms with van der Waals surface area (Å²) in [7, 11) is 0. The average Bonchev–Trinajstić information content (AvgIpc) is 3.51. The molecule has 2 atom stereocenters. The monoisotopic (exact) mass is 490 g/mol. The van der Waals surface area contributed by atoms with Gasteiger partial charge < -0.3 is 9.64 Å². The molecule has 0 saturated carbocycles.